The molecule has 3 atom stereocenters. The van der Waals surface area contributed by atoms with Crippen LogP contribution in [0.25, 0.3) is 11.1 Å². The van der Waals surface area contributed by atoms with Crippen molar-refractivity contribution in [3.05, 3.63) is 95.6 Å². The Balaban J connectivity index is 1.22. The van der Waals surface area contributed by atoms with Crippen molar-refractivity contribution in [2.24, 2.45) is 0 Å². The molecule has 3 unspecified atom stereocenters. The van der Waals surface area contributed by atoms with Gasteiger partial charge in [0, 0.05) is 12.3 Å². The first kappa shape index (κ1) is 39.8. The van der Waals surface area contributed by atoms with Crippen LogP contribution in [0.1, 0.15) is 95.2 Å². The Morgan fingerprint density at radius 2 is 1.35 bits per heavy atom. The first-order valence-corrected chi connectivity index (χ1v) is 18.6. The number of carbonyl (C=O) groups excluding carboxylic acids is 5. The van der Waals surface area contributed by atoms with Gasteiger partial charge in [-0.25, -0.2) is 19.2 Å². The molecule has 3 aromatic carbocycles. The van der Waals surface area contributed by atoms with Gasteiger partial charge in [-0.2, -0.15) is 0 Å². The number of ether oxygens (including phenoxy) is 5. The Hall–Kier alpha value is -5.39. The lowest BCUT2D eigenvalue weighted by Crippen LogP contribution is -2.52. The van der Waals surface area contributed by atoms with Crippen molar-refractivity contribution in [2.75, 3.05) is 6.61 Å². The highest BCUT2D eigenvalue weighted by molar-refractivity contribution is 5.84. The third kappa shape index (κ3) is 11.3. The number of hydrogen-bond donors (Lipinski definition) is 2. The molecule has 1 fully saturated rings. The van der Waals surface area contributed by atoms with Gasteiger partial charge in [-0.05, 0) is 87.6 Å². The Morgan fingerprint density at radius 1 is 0.741 bits per heavy atom. The van der Waals surface area contributed by atoms with Crippen LogP contribution in [0, 0.1) is 0 Å². The molecule has 2 aliphatic rings. The van der Waals surface area contributed by atoms with Gasteiger partial charge in [0.25, 0.3) is 0 Å². The van der Waals surface area contributed by atoms with Crippen molar-refractivity contribution >= 4 is 30.1 Å². The van der Waals surface area contributed by atoms with Gasteiger partial charge in [-0.1, -0.05) is 85.3 Å². The second-order valence-corrected chi connectivity index (χ2v) is 14.7. The fourth-order valence-corrected chi connectivity index (χ4v) is 6.68. The van der Waals surface area contributed by atoms with E-state index in [1.807, 2.05) is 66.7 Å². The maximum atomic E-state index is 13.3. The van der Waals surface area contributed by atoms with Crippen LogP contribution in [0.15, 0.2) is 78.9 Å². The highest BCUT2D eigenvalue weighted by atomic mass is 16.6. The normalized spacial score (nSPS) is 15.7. The van der Waals surface area contributed by atoms with E-state index in [9.17, 15) is 24.0 Å². The molecule has 2 amide bonds. The van der Waals surface area contributed by atoms with E-state index in [0.717, 1.165) is 47.1 Å². The molecule has 288 valence electrons. The third-order valence-electron chi connectivity index (χ3n) is 9.33. The molecule has 5 rings (SSSR count). The smallest absolute Gasteiger partial charge is 0.408 e. The molecule has 0 aliphatic heterocycles. The molecule has 12 heteroatoms. The van der Waals surface area contributed by atoms with E-state index in [1.54, 1.807) is 32.9 Å². The SMILES string of the molecule is CC(OC(=O)CCC(NC(=O)OCC1c2ccccc2-c2ccccc21)C(=O)OCc1ccccc1)C(NC(=O)OC(C)(C)C)C(=O)OC1CCCCC1. The minimum atomic E-state index is -1.35. The summed E-state index contributed by atoms with van der Waals surface area (Å²) in [4.78, 5) is 65.7. The van der Waals surface area contributed by atoms with Gasteiger partial charge in [-0.15, -0.1) is 0 Å². The van der Waals surface area contributed by atoms with Crippen LogP contribution in [-0.4, -0.2) is 66.6 Å². The fraction of sp³-hybridized carbons (Fsp3) is 0.452. The molecule has 54 heavy (non-hydrogen) atoms. The number of alkyl carbamates (subject to hydrolysis) is 2. The Morgan fingerprint density at radius 3 is 1.98 bits per heavy atom. The Bertz CT molecular complexity index is 1720. The van der Waals surface area contributed by atoms with Crippen molar-refractivity contribution < 1.29 is 47.7 Å². The van der Waals surface area contributed by atoms with Crippen LogP contribution in [0.4, 0.5) is 9.59 Å². The molecule has 2 N–H and O–H groups in total. The number of hydrogen-bond acceptors (Lipinski definition) is 10. The first-order valence-electron chi connectivity index (χ1n) is 18.6. The van der Waals surface area contributed by atoms with Gasteiger partial charge in [-0.3, -0.25) is 4.79 Å². The van der Waals surface area contributed by atoms with Gasteiger partial charge < -0.3 is 34.3 Å². The predicted molar refractivity (Wildman–Crippen MR) is 199 cm³/mol. The standard InChI is InChI=1S/C42H50N2O10/c1-27(37(44-41(49)54-42(2,3)4)39(47)53-29-17-9-6-10-18-29)52-36(45)24-23-35(38(46)50-25-28-15-7-5-8-16-28)43-40(48)51-26-34-32-21-13-11-19-30(32)31-20-12-14-22-33(31)34/h5,7-8,11-16,19-22,27,29,34-35,37H,6,9-10,17-18,23-26H2,1-4H3,(H,43,48)(H,44,49). The summed E-state index contributed by atoms with van der Waals surface area (Å²) in [5.41, 5.74) is 4.11. The first-order chi connectivity index (χ1) is 25.9. The monoisotopic (exact) mass is 742 g/mol. The second kappa shape index (κ2) is 18.6. The minimum Gasteiger partial charge on any atom is -0.461 e. The van der Waals surface area contributed by atoms with Crippen LogP contribution in [0.2, 0.25) is 0 Å². The zero-order valence-corrected chi connectivity index (χ0v) is 31.3. The van der Waals surface area contributed by atoms with E-state index in [-0.39, 0.29) is 38.1 Å². The van der Waals surface area contributed by atoms with Crippen molar-refractivity contribution in [3.8, 4) is 11.1 Å². The molecule has 0 radical (unpaired) electrons. The molecule has 0 aromatic heterocycles. The lowest BCUT2D eigenvalue weighted by atomic mass is 9.98. The van der Waals surface area contributed by atoms with E-state index in [4.69, 9.17) is 23.7 Å². The van der Waals surface area contributed by atoms with Crippen LogP contribution < -0.4 is 10.6 Å². The molecular formula is C42H50N2O10. The quantitative estimate of drug-likeness (QED) is 0.129. The van der Waals surface area contributed by atoms with E-state index < -0.39 is 53.9 Å². The number of esters is 3. The van der Waals surface area contributed by atoms with Crippen LogP contribution in [0.5, 0.6) is 0 Å². The largest absolute Gasteiger partial charge is 0.461 e. The summed E-state index contributed by atoms with van der Waals surface area (Å²) < 4.78 is 27.8. The summed E-state index contributed by atoms with van der Waals surface area (Å²) in [6.07, 6.45) is 0.598. The number of benzene rings is 3. The van der Waals surface area contributed by atoms with Crippen LogP contribution in [-0.2, 0) is 44.7 Å². The second-order valence-electron chi connectivity index (χ2n) is 14.7. The molecule has 0 heterocycles. The van der Waals surface area contributed by atoms with Crippen LogP contribution in [0.3, 0.4) is 0 Å². The minimum absolute atomic E-state index is 0.0220. The van der Waals surface area contributed by atoms with E-state index in [2.05, 4.69) is 10.6 Å². The number of amides is 2. The van der Waals surface area contributed by atoms with E-state index in [0.29, 0.717) is 12.8 Å². The molecule has 12 nitrogen and oxygen atoms in total. The summed E-state index contributed by atoms with van der Waals surface area (Å²) in [5, 5.41) is 5.08. The van der Waals surface area contributed by atoms with Gasteiger partial charge in [0.1, 0.15) is 37.1 Å². The van der Waals surface area contributed by atoms with Crippen molar-refractivity contribution in [1.29, 1.82) is 0 Å². The molecular weight excluding hydrogens is 692 g/mol. The van der Waals surface area contributed by atoms with Crippen molar-refractivity contribution in [1.82, 2.24) is 10.6 Å². The lowest BCUT2D eigenvalue weighted by Gasteiger charge is -2.29. The molecule has 2 aliphatic carbocycles. The average Bonchev–Trinajstić information content (AvgIpc) is 3.47. The molecule has 1 saturated carbocycles. The van der Waals surface area contributed by atoms with E-state index >= 15 is 0 Å². The fourth-order valence-electron chi connectivity index (χ4n) is 6.68. The third-order valence-corrected chi connectivity index (χ3v) is 9.33. The van der Waals surface area contributed by atoms with Gasteiger partial charge in [0.05, 0.1) is 0 Å². The highest BCUT2D eigenvalue weighted by Crippen LogP contribution is 2.44. The van der Waals surface area contributed by atoms with Crippen molar-refractivity contribution in [2.45, 2.75) is 115 Å². The summed E-state index contributed by atoms with van der Waals surface area (Å²) >= 11 is 0. The summed E-state index contributed by atoms with van der Waals surface area (Å²) in [6.45, 7) is 6.48. The zero-order chi connectivity index (χ0) is 38.7. The maximum Gasteiger partial charge on any atom is 0.408 e. The number of carbonyl (C=O) groups is 5. The van der Waals surface area contributed by atoms with E-state index in [1.165, 1.54) is 6.92 Å². The molecule has 0 saturated heterocycles. The van der Waals surface area contributed by atoms with Gasteiger partial charge in [0.2, 0.25) is 0 Å². The topological polar surface area (TPSA) is 156 Å². The van der Waals surface area contributed by atoms with Crippen molar-refractivity contribution in [3.63, 3.8) is 0 Å². The highest BCUT2D eigenvalue weighted by Gasteiger charge is 2.35. The predicted octanol–water partition coefficient (Wildman–Crippen LogP) is 7.12. The lowest BCUT2D eigenvalue weighted by molar-refractivity contribution is -0.161. The van der Waals surface area contributed by atoms with Gasteiger partial charge in [0.15, 0.2) is 6.04 Å². The molecule has 0 spiro atoms. The van der Waals surface area contributed by atoms with Crippen LogP contribution >= 0.6 is 0 Å². The number of rotatable bonds is 14. The Kier molecular flexibility index (Phi) is 13.7. The maximum absolute atomic E-state index is 13.3. The summed E-state index contributed by atoms with van der Waals surface area (Å²) in [7, 11) is 0. The number of fused-ring (bicyclic) bond motifs is 3. The summed E-state index contributed by atoms with van der Waals surface area (Å²) in [5.74, 6) is -2.49. The van der Waals surface area contributed by atoms with Gasteiger partial charge >= 0.3 is 30.1 Å². The molecule has 3 aromatic rings. The summed E-state index contributed by atoms with van der Waals surface area (Å²) in [6, 6.07) is 22.3. The Labute approximate surface area is 316 Å². The zero-order valence-electron chi connectivity index (χ0n) is 31.3. The number of nitrogens with one attached hydrogen (secondary N) is 2. The molecule has 0 bridgehead atoms. The average molecular weight is 743 g/mol.